The Bertz CT molecular complexity index is 428. The molecule has 0 radical (unpaired) electrons. The van der Waals surface area contributed by atoms with Crippen LogP contribution in [0.3, 0.4) is 0 Å². The summed E-state index contributed by atoms with van der Waals surface area (Å²) in [5.74, 6) is 0.358. The summed E-state index contributed by atoms with van der Waals surface area (Å²) in [6.07, 6.45) is 2.21. The van der Waals surface area contributed by atoms with Crippen LogP contribution in [-0.4, -0.2) is 25.4 Å². The van der Waals surface area contributed by atoms with Gasteiger partial charge in [-0.2, -0.15) is 8.42 Å². The maximum absolute atomic E-state index is 11.8. The largest absolute Gasteiger partial charge is 0.397 e. The molecule has 0 aromatic carbocycles. The monoisotopic (exact) mass is 248 g/mol. The van der Waals surface area contributed by atoms with Crippen molar-refractivity contribution >= 4 is 16.2 Å². The van der Waals surface area contributed by atoms with E-state index in [1.54, 1.807) is 0 Å². The van der Waals surface area contributed by atoms with Gasteiger partial charge in [0.25, 0.3) is 0 Å². The molecule has 0 amide bonds. The van der Waals surface area contributed by atoms with Crippen molar-refractivity contribution in [2.75, 3.05) is 6.61 Å². The van der Waals surface area contributed by atoms with Gasteiger partial charge >= 0.3 is 10.4 Å². The first-order valence-electron chi connectivity index (χ1n) is 5.34. The van der Waals surface area contributed by atoms with Gasteiger partial charge in [-0.05, 0) is 18.8 Å². The summed E-state index contributed by atoms with van der Waals surface area (Å²) < 4.78 is 34.3. The van der Waals surface area contributed by atoms with Gasteiger partial charge in [0.15, 0.2) is 0 Å². The first-order chi connectivity index (χ1) is 7.19. The summed E-state index contributed by atoms with van der Waals surface area (Å²) in [6, 6.07) is 0. The summed E-state index contributed by atoms with van der Waals surface area (Å²) in [7, 11) is -4.42. The van der Waals surface area contributed by atoms with Crippen LogP contribution >= 0.6 is 0 Å². The molecule has 2 saturated carbocycles. The molecule has 0 spiro atoms. The van der Waals surface area contributed by atoms with Crippen molar-refractivity contribution in [3.8, 4) is 0 Å². The molecule has 0 saturated heterocycles. The summed E-state index contributed by atoms with van der Waals surface area (Å²) in [5.41, 5.74) is -0.970. The fourth-order valence-electron chi connectivity index (χ4n) is 3.23. The van der Waals surface area contributed by atoms with Gasteiger partial charge in [-0.3, -0.25) is 9.35 Å². The van der Waals surface area contributed by atoms with Crippen LogP contribution in [-0.2, 0) is 19.4 Å². The molecule has 2 rings (SSSR count). The smallest absolute Gasteiger partial charge is 0.299 e. The highest BCUT2D eigenvalue weighted by Gasteiger charge is 2.64. The van der Waals surface area contributed by atoms with Crippen LogP contribution in [0.4, 0.5) is 0 Å². The van der Waals surface area contributed by atoms with Gasteiger partial charge in [-0.1, -0.05) is 13.8 Å². The molecule has 0 aliphatic heterocycles. The molecule has 2 aliphatic carbocycles. The molecule has 0 aromatic rings. The van der Waals surface area contributed by atoms with Crippen LogP contribution in [0.15, 0.2) is 0 Å². The molecule has 92 valence electrons. The van der Waals surface area contributed by atoms with Gasteiger partial charge in [-0.25, -0.2) is 4.18 Å². The van der Waals surface area contributed by atoms with Crippen LogP contribution in [0.5, 0.6) is 0 Å². The van der Waals surface area contributed by atoms with E-state index in [1.165, 1.54) is 0 Å². The quantitative estimate of drug-likeness (QED) is 0.759. The van der Waals surface area contributed by atoms with E-state index < -0.39 is 21.2 Å². The molecule has 5 nitrogen and oxygen atoms in total. The van der Waals surface area contributed by atoms with E-state index in [9.17, 15) is 13.2 Å². The minimum Gasteiger partial charge on any atom is -0.299 e. The van der Waals surface area contributed by atoms with Crippen molar-refractivity contribution in [3.05, 3.63) is 0 Å². The first-order valence-corrected chi connectivity index (χ1v) is 6.71. The molecule has 0 aromatic heterocycles. The van der Waals surface area contributed by atoms with E-state index in [0.717, 1.165) is 12.8 Å². The number of hydrogen-bond acceptors (Lipinski definition) is 4. The molecule has 6 heteroatoms. The predicted molar refractivity (Wildman–Crippen MR) is 56.1 cm³/mol. The van der Waals surface area contributed by atoms with Crippen molar-refractivity contribution in [2.24, 2.45) is 16.7 Å². The zero-order valence-corrected chi connectivity index (χ0v) is 10.2. The Labute approximate surface area is 95.1 Å². The van der Waals surface area contributed by atoms with E-state index >= 15 is 0 Å². The average molecular weight is 248 g/mol. The number of ketones is 1. The Morgan fingerprint density at radius 3 is 2.50 bits per heavy atom. The standard InChI is InChI=1S/C10H16O5S/c1-9-4-3-7(5-8(9)11)10(9,2)6-15-16(12,13)14/h7H,3-6H2,1-2H3,(H,12,13,14). The molecule has 16 heavy (non-hydrogen) atoms. The van der Waals surface area contributed by atoms with Crippen molar-refractivity contribution in [1.82, 2.24) is 0 Å². The Kier molecular flexibility index (Phi) is 2.46. The molecular weight excluding hydrogens is 232 g/mol. The third-order valence-corrected chi connectivity index (χ3v) is 5.12. The normalized spacial score (nSPS) is 42.9. The second kappa shape index (κ2) is 3.27. The molecule has 2 fully saturated rings. The molecule has 2 aliphatic rings. The van der Waals surface area contributed by atoms with Gasteiger partial charge < -0.3 is 0 Å². The number of hydrogen-bond donors (Lipinski definition) is 1. The topological polar surface area (TPSA) is 80.7 Å². The highest BCUT2D eigenvalue weighted by molar-refractivity contribution is 7.80. The zero-order chi connectivity index (χ0) is 12.2. The Balaban J connectivity index is 2.23. The Hall–Kier alpha value is -0.460. The van der Waals surface area contributed by atoms with Crippen LogP contribution in [0, 0.1) is 16.7 Å². The molecular formula is C10H16O5S. The molecule has 3 atom stereocenters. The second-order valence-electron chi connectivity index (χ2n) is 5.30. The van der Waals surface area contributed by atoms with Crippen molar-refractivity contribution < 1.29 is 21.9 Å². The molecule has 0 heterocycles. The lowest BCUT2D eigenvalue weighted by molar-refractivity contribution is -0.129. The molecule has 3 unspecified atom stereocenters. The van der Waals surface area contributed by atoms with Crippen molar-refractivity contribution in [3.63, 3.8) is 0 Å². The first kappa shape index (κ1) is 12.0. The number of carbonyl (C=O) groups excluding carboxylic acids is 1. The lowest BCUT2D eigenvalue weighted by Crippen LogP contribution is -2.39. The van der Waals surface area contributed by atoms with E-state index in [1.807, 2.05) is 13.8 Å². The van der Waals surface area contributed by atoms with Crippen molar-refractivity contribution in [1.29, 1.82) is 0 Å². The minimum atomic E-state index is -4.42. The zero-order valence-electron chi connectivity index (χ0n) is 9.39. The third kappa shape index (κ3) is 1.51. The predicted octanol–water partition coefficient (Wildman–Crippen LogP) is 1.20. The van der Waals surface area contributed by atoms with Crippen LogP contribution in [0.1, 0.15) is 33.1 Å². The Morgan fingerprint density at radius 2 is 2.12 bits per heavy atom. The van der Waals surface area contributed by atoms with Gasteiger partial charge in [0.2, 0.25) is 0 Å². The SMILES string of the molecule is CC12CCC(CC1=O)C2(C)COS(=O)(=O)O. The van der Waals surface area contributed by atoms with E-state index in [-0.39, 0.29) is 18.3 Å². The van der Waals surface area contributed by atoms with Crippen LogP contribution in [0.25, 0.3) is 0 Å². The maximum Gasteiger partial charge on any atom is 0.397 e. The number of fused-ring (bicyclic) bond motifs is 2. The van der Waals surface area contributed by atoms with Gasteiger partial charge in [0.05, 0.1) is 6.61 Å². The highest BCUT2D eigenvalue weighted by atomic mass is 32.3. The summed E-state index contributed by atoms with van der Waals surface area (Å²) in [4.78, 5) is 11.8. The van der Waals surface area contributed by atoms with Gasteiger partial charge in [0.1, 0.15) is 5.78 Å². The summed E-state index contributed by atoms with van der Waals surface area (Å²) in [6.45, 7) is 3.63. The fourth-order valence-corrected chi connectivity index (χ4v) is 3.62. The number of Topliss-reactive ketones (excluding diaryl/α,β-unsaturated/α-hetero) is 1. The fraction of sp³-hybridized carbons (Fsp3) is 0.900. The van der Waals surface area contributed by atoms with Gasteiger partial charge in [0, 0.05) is 17.3 Å². The van der Waals surface area contributed by atoms with Gasteiger partial charge in [-0.15, -0.1) is 0 Å². The van der Waals surface area contributed by atoms with E-state index in [0.29, 0.717) is 6.42 Å². The third-order valence-electron chi connectivity index (χ3n) is 4.71. The van der Waals surface area contributed by atoms with E-state index in [2.05, 4.69) is 4.18 Å². The summed E-state index contributed by atoms with van der Waals surface area (Å²) >= 11 is 0. The lowest BCUT2D eigenvalue weighted by atomic mass is 9.69. The molecule has 2 bridgehead atoms. The Morgan fingerprint density at radius 1 is 1.50 bits per heavy atom. The maximum atomic E-state index is 11.8. The lowest BCUT2D eigenvalue weighted by Gasteiger charge is -2.35. The number of carbonyl (C=O) groups is 1. The minimum absolute atomic E-state index is 0.112. The van der Waals surface area contributed by atoms with Crippen LogP contribution < -0.4 is 0 Å². The van der Waals surface area contributed by atoms with Crippen molar-refractivity contribution in [2.45, 2.75) is 33.1 Å². The summed E-state index contributed by atoms with van der Waals surface area (Å²) in [5, 5.41) is 0. The van der Waals surface area contributed by atoms with E-state index in [4.69, 9.17) is 4.55 Å². The second-order valence-corrected chi connectivity index (χ2v) is 6.39. The number of rotatable bonds is 3. The highest BCUT2D eigenvalue weighted by Crippen LogP contribution is 2.63. The average Bonchev–Trinajstić information content (AvgIpc) is 2.49. The molecule has 1 N–H and O–H groups in total. The van der Waals surface area contributed by atoms with Crippen LogP contribution in [0.2, 0.25) is 0 Å².